The Bertz CT molecular complexity index is 1430. The summed E-state index contributed by atoms with van der Waals surface area (Å²) in [5.74, 6) is 3.23. The zero-order valence-corrected chi connectivity index (χ0v) is 39.1. The third-order valence-corrected chi connectivity index (χ3v) is 12.3. The van der Waals surface area contributed by atoms with Crippen molar-refractivity contribution >= 4 is 11.4 Å². The maximum absolute atomic E-state index is 10.2. The maximum Gasteiger partial charge on any atom is 0.303 e. The molecule has 0 amide bonds. The standard InChI is InChI=1S/C55H90N2/c1-9-17-22-26-27-31-39-54(49(44-57-56)35-21-13-5)55(50-40-45(32-14-6)52(34-16-8)46(41-50)33-15-7)51-42-47(36-28-23-18-10-2)53(38-30-25-20-12-4)48(43-51)37-29-24-19-11-3/h40-43H,9-39H2,1-8H3. The van der Waals surface area contributed by atoms with E-state index in [9.17, 15) is 5.53 Å². The molecule has 0 aromatic heterocycles. The van der Waals surface area contributed by atoms with Gasteiger partial charge in [-0.05, 0) is 139 Å². The fourth-order valence-corrected chi connectivity index (χ4v) is 9.13. The molecular formula is C55H90N2. The minimum absolute atomic E-state index is 0.899. The largest absolute Gasteiger partial charge is 0.348 e. The average Bonchev–Trinajstić information content (AvgIpc) is 3.21. The Kier molecular flexibility index (Phi) is 28.5. The minimum Gasteiger partial charge on any atom is -0.348 e. The lowest BCUT2D eigenvalue weighted by Crippen LogP contribution is -2.08. The summed E-state index contributed by atoms with van der Waals surface area (Å²) in [7, 11) is 0. The Morgan fingerprint density at radius 3 is 1.23 bits per heavy atom. The van der Waals surface area contributed by atoms with E-state index in [1.165, 1.54) is 157 Å². The second kappa shape index (κ2) is 32.2. The third kappa shape index (κ3) is 18.4. The fraction of sp³-hybridized carbons (Fsp3) is 0.709. The third-order valence-electron chi connectivity index (χ3n) is 12.3. The van der Waals surface area contributed by atoms with E-state index in [-0.39, 0.29) is 0 Å². The predicted molar refractivity (Wildman–Crippen MR) is 254 cm³/mol. The Morgan fingerprint density at radius 2 is 0.789 bits per heavy atom. The number of nitrogens with zero attached hydrogens (tertiary/aromatic N) is 2. The van der Waals surface area contributed by atoms with Gasteiger partial charge in [0.1, 0.15) is 0 Å². The highest BCUT2D eigenvalue weighted by Gasteiger charge is 2.23. The van der Waals surface area contributed by atoms with Gasteiger partial charge in [-0.25, -0.2) is 0 Å². The van der Waals surface area contributed by atoms with Gasteiger partial charge in [-0.15, -0.1) is 4.79 Å². The molecule has 0 unspecified atom stereocenters. The molecule has 2 nitrogen and oxygen atoms in total. The molecule has 2 aromatic rings. The summed E-state index contributed by atoms with van der Waals surface area (Å²) in [5.41, 5.74) is 26.5. The van der Waals surface area contributed by atoms with Gasteiger partial charge in [0.25, 0.3) is 0 Å². The van der Waals surface area contributed by atoms with E-state index in [4.69, 9.17) is 0 Å². The summed E-state index contributed by atoms with van der Waals surface area (Å²) in [6, 6.07) is 10.6. The monoisotopic (exact) mass is 779 g/mol. The molecule has 0 atom stereocenters. The molecule has 0 aliphatic carbocycles. The molecule has 0 spiro atoms. The molecule has 0 bridgehead atoms. The number of hydrogen-bond donors (Lipinski definition) is 0. The Balaban J connectivity index is 3.17. The predicted octanol–water partition coefficient (Wildman–Crippen LogP) is 17.5. The van der Waals surface area contributed by atoms with Crippen LogP contribution in [-0.2, 0) is 38.5 Å². The van der Waals surface area contributed by atoms with Crippen molar-refractivity contribution in [3.8, 4) is 0 Å². The highest BCUT2D eigenvalue weighted by Crippen LogP contribution is 2.39. The molecule has 57 heavy (non-hydrogen) atoms. The molecular weight excluding hydrogens is 689 g/mol. The van der Waals surface area contributed by atoms with Crippen molar-refractivity contribution in [3.05, 3.63) is 85.5 Å². The molecule has 0 heterocycles. The minimum atomic E-state index is 0.899. The van der Waals surface area contributed by atoms with Gasteiger partial charge in [0.15, 0.2) is 0 Å². The van der Waals surface area contributed by atoms with Crippen molar-refractivity contribution in [2.45, 2.75) is 254 Å². The maximum atomic E-state index is 10.2. The van der Waals surface area contributed by atoms with E-state index in [0.717, 1.165) is 69.8 Å². The van der Waals surface area contributed by atoms with Crippen LogP contribution in [-0.4, -0.2) is 10.7 Å². The van der Waals surface area contributed by atoms with Crippen molar-refractivity contribution < 1.29 is 4.79 Å². The van der Waals surface area contributed by atoms with Gasteiger partial charge in [-0.2, -0.15) is 0 Å². The van der Waals surface area contributed by atoms with E-state index >= 15 is 0 Å². The molecule has 0 N–H and O–H groups in total. The van der Waals surface area contributed by atoms with Crippen molar-refractivity contribution in [2.75, 3.05) is 0 Å². The van der Waals surface area contributed by atoms with Gasteiger partial charge in [0.2, 0.25) is 0 Å². The van der Waals surface area contributed by atoms with Crippen LogP contribution in [0, 0.1) is 0 Å². The molecule has 2 heteroatoms. The van der Waals surface area contributed by atoms with Crippen LogP contribution in [0.1, 0.15) is 260 Å². The van der Waals surface area contributed by atoms with E-state index in [0.29, 0.717) is 0 Å². The molecule has 0 radical (unpaired) electrons. The quantitative estimate of drug-likeness (QED) is 0.0223. The fourth-order valence-electron chi connectivity index (χ4n) is 9.13. The SMILES string of the molecule is CCCCCCCCC(C(=C=[N+]=[N-])CCCC)=C(c1cc(CCC)c(CCC)c(CCC)c1)c1cc(CCCCCC)c(CCCCCC)c(CCCCCC)c1. The van der Waals surface area contributed by atoms with Gasteiger partial charge in [0, 0.05) is 0 Å². The molecule has 2 aromatic carbocycles. The number of rotatable bonds is 34. The first-order valence-corrected chi connectivity index (χ1v) is 25.0. The molecule has 320 valence electrons. The number of benzene rings is 2. The van der Waals surface area contributed by atoms with Crippen LogP contribution in [0.15, 0.2) is 35.4 Å². The first-order chi connectivity index (χ1) is 28.0. The van der Waals surface area contributed by atoms with Crippen molar-refractivity contribution in [1.29, 1.82) is 0 Å². The number of unbranched alkanes of at least 4 members (excludes halogenated alkanes) is 15. The zero-order chi connectivity index (χ0) is 41.5. The van der Waals surface area contributed by atoms with Crippen LogP contribution in [0.25, 0.3) is 11.1 Å². The summed E-state index contributed by atoms with van der Waals surface area (Å²) in [6.07, 6.45) is 37.7. The van der Waals surface area contributed by atoms with Crippen molar-refractivity contribution in [2.24, 2.45) is 0 Å². The Labute approximate surface area is 354 Å². The van der Waals surface area contributed by atoms with Crippen LogP contribution in [0.4, 0.5) is 0 Å². The smallest absolute Gasteiger partial charge is 0.303 e. The first kappa shape index (κ1) is 50.5. The highest BCUT2D eigenvalue weighted by molar-refractivity contribution is 5.88. The number of hydrogen-bond acceptors (Lipinski definition) is 0. The average molecular weight is 779 g/mol. The molecule has 0 saturated carbocycles. The zero-order valence-electron chi connectivity index (χ0n) is 39.1. The van der Waals surface area contributed by atoms with Gasteiger partial charge in [0.05, 0.1) is 5.57 Å². The lowest BCUT2D eigenvalue weighted by atomic mass is 9.80. The molecule has 2 rings (SSSR count). The summed E-state index contributed by atoms with van der Waals surface area (Å²) < 4.78 is 0. The second-order valence-electron chi connectivity index (χ2n) is 17.4. The van der Waals surface area contributed by atoms with Crippen LogP contribution in [0.2, 0.25) is 0 Å². The van der Waals surface area contributed by atoms with E-state index in [1.807, 2.05) is 0 Å². The Hall–Kier alpha value is -2.66. The van der Waals surface area contributed by atoms with Crippen LogP contribution in [0.3, 0.4) is 0 Å². The normalized spacial score (nSPS) is 11.8. The lowest BCUT2D eigenvalue weighted by molar-refractivity contribution is 0.00739. The van der Waals surface area contributed by atoms with Gasteiger partial charge in [-0.1, -0.05) is 195 Å². The topological polar surface area (TPSA) is 36.4 Å². The van der Waals surface area contributed by atoms with Gasteiger partial charge < -0.3 is 5.53 Å². The van der Waals surface area contributed by atoms with Crippen molar-refractivity contribution in [3.63, 3.8) is 0 Å². The van der Waals surface area contributed by atoms with Crippen molar-refractivity contribution in [1.82, 2.24) is 0 Å². The Morgan fingerprint density at radius 1 is 0.404 bits per heavy atom. The van der Waals surface area contributed by atoms with E-state index in [2.05, 4.69) is 90.3 Å². The van der Waals surface area contributed by atoms with Gasteiger partial charge in [-0.3, -0.25) is 0 Å². The van der Waals surface area contributed by atoms with E-state index < -0.39 is 0 Å². The van der Waals surface area contributed by atoms with Crippen LogP contribution >= 0.6 is 0 Å². The molecule has 0 aliphatic rings. The first-order valence-electron chi connectivity index (χ1n) is 25.0. The highest BCUT2D eigenvalue weighted by atomic mass is 14.8. The summed E-state index contributed by atoms with van der Waals surface area (Å²) >= 11 is 0. The molecule has 0 fully saturated rings. The number of aryl methyl sites for hydroxylation is 4. The summed E-state index contributed by atoms with van der Waals surface area (Å²) in [6.45, 7) is 18.6. The summed E-state index contributed by atoms with van der Waals surface area (Å²) in [4.78, 5) is 3.67. The van der Waals surface area contributed by atoms with Gasteiger partial charge >= 0.3 is 5.87 Å². The van der Waals surface area contributed by atoms with Crippen LogP contribution in [0.5, 0.6) is 0 Å². The summed E-state index contributed by atoms with van der Waals surface area (Å²) in [5, 5.41) is 0. The molecule has 0 aliphatic heterocycles. The lowest BCUT2D eigenvalue weighted by Gasteiger charge is -2.24. The number of allylic oxidation sites excluding steroid dienone is 2. The second-order valence-corrected chi connectivity index (χ2v) is 17.4. The molecule has 0 saturated heterocycles. The van der Waals surface area contributed by atoms with E-state index in [1.54, 1.807) is 33.4 Å². The van der Waals surface area contributed by atoms with Crippen LogP contribution < -0.4 is 0 Å².